The van der Waals surface area contributed by atoms with E-state index < -0.39 is 0 Å². The third-order valence-corrected chi connectivity index (χ3v) is 6.62. The van der Waals surface area contributed by atoms with Crippen LogP contribution in [0.4, 0.5) is 5.69 Å². The van der Waals surface area contributed by atoms with Crippen LogP contribution in [-0.4, -0.2) is 32.2 Å². The van der Waals surface area contributed by atoms with Gasteiger partial charge in [-0.25, -0.2) is 0 Å². The van der Waals surface area contributed by atoms with Gasteiger partial charge in [-0.2, -0.15) is 9.97 Å². The quantitative estimate of drug-likeness (QED) is 0.354. The van der Waals surface area contributed by atoms with E-state index >= 15 is 0 Å². The first-order valence-corrected chi connectivity index (χ1v) is 12.6. The highest BCUT2D eigenvalue weighted by Gasteiger charge is 2.30. The number of amides is 1. The van der Waals surface area contributed by atoms with Crippen molar-refractivity contribution in [2.24, 2.45) is 5.92 Å². The normalized spacial score (nSPS) is 15.4. The fourth-order valence-corrected chi connectivity index (χ4v) is 4.74. The zero-order valence-electron chi connectivity index (χ0n) is 20.5. The average molecular weight is 466 g/mol. The lowest BCUT2D eigenvalue weighted by molar-refractivity contribution is -0.123. The van der Waals surface area contributed by atoms with Gasteiger partial charge in [-0.15, -0.1) is 0 Å². The Morgan fingerprint density at radius 1 is 1.12 bits per heavy atom. The lowest BCUT2D eigenvalue weighted by atomic mass is 9.87. The van der Waals surface area contributed by atoms with Gasteiger partial charge in [0.25, 0.3) is 5.89 Å². The van der Waals surface area contributed by atoms with Crippen LogP contribution in [0.2, 0.25) is 0 Å². The monoisotopic (exact) mass is 465 g/mol. The molecule has 1 atom stereocenters. The van der Waals surface area contributed by atoms with Crippen molar-refractivity contribution in [2.75, 3.05) is 4.90 Å². The van der Waals surface area contributed by atoms with Crippen molar-refractivity contribution in [3.8, 4) is 11.5 Å². The molecule has 0 aliphatic heterocycles. The third-order valence-electron chi connectivity index (χ3n) is 6.62. The summed E-state index contributed by atoms with van der Waals surface area (Å²) in [4.78, 5) is 24.5. The lowest BCUT2D eigenvalue weighted by Gasteiger charge is -2.34. The van der Waals surface area contributed by atoms with Gasteiger partial charge in [0, 0.05) is 36.1 Å². The average Bonchev–Trinajstić information content (AvgIpc) is 3.51. The number of hydrogen-bond acceptors (Lipinski definition) is 7. The fraction of sp³-hybridized carbons (Fsp3) is 0.577. The van der Waals surface area contributed by atoms with Crippen LogP contribution in [0.3, 0.4) is 0 Å². The molecule has 4 rings (SSSR count). The number of rotatable bonds is 10. The first-order valence-electron chi connectivity index (χ1n) is 12.6. The zero-order chi connectivity index (χ0) is 23.9. The van der Waals surface area contributed by atoms with E-state index in [-0.39, 0.29) is 17.9 Å². The van der Waals surface area contributed by atoms with Gasteiger partial charge in [0.05, 0.1) is 0 Å². The summed E-state index contributed by atoms with van der Waals surface area (Å²) in [5.74, 6) is 2.85. The molecule has 1 aromatic carbocycles. The molecular weight excluding hydrogens is 430 g/mol. The van der Waals surface area contributed by atoms with Crippen LogP contribution in [0.25, 0.3) is 11.5 Å². The highest BCUT2D eigenvalue weighted by atomic mass is 16.5. The number of nitrogens with zero attached hydrogens (tertiary/aromatic N) is 5. The maximum absolute atomic E-state index is 13.7. The minimum absolute atomic E-state index is 0.0722. The second-order valence-corrected chi connectivity index (χ2v) is 9.29. The Hall–Kier alpha value is -3.03. The highest BCUT2D eigenvalue weighted by Crippen LogP contribution is 2.32. The summed E-state index contributed by atoms with van der Waals surface area (Å²) >= 11 is 0. The van der Waals surface area contributed by atoms with Gasteiger partial charge in [0.15, 0.2) is 11.6 Å². The van der Waals surface area contributed by atoms with Gasteiger partial charge in [0.2, 0.25) is 11.8 Å². The van der Waals surface area contributed by atoms with E-state index in [1.807, 2.05) is 43.0 Å². The Bertz CT molecular complexity index is 1070. The number of anilines is 1. The molecule has 1 amide bonds. The molecule has 0 spiro atoms. The minimum Gasteiger partial charge on any atom is -0.339 e. The second-order valence-electron chi connectivity index (χ2n) is 9.29. The lowest BCUT2D eigenvalue weighted by Crippen LogP contribution is -2.43. The van der Waals surface area contributed by atoms with Crippen molar-refractivity contribution in [3.05, 3.63) is 41.8 Å². The Balaban J connectivity index is 1.50. The van der Waals surface area contributed by atoms with Gasteiger partial charge < -0.3 is 13.9 Å². The SMILES string of the molecule is CCc1noc(-c2cccc(N(C(=O)C3CCCCC3)C(C)CCCCc3nc(C)no3)c2)n1. The number of carbonyl (C=O) groups is 1. The minimum atomic E-state index is 0.0722. The van der Waals surface area contributed by atoms with Gasteiger partial charge in [-0.3, -0.25) is 4.79 Å². The van der Waals surface area contributed by atoms with E-state index in [1.54, 1.807) is 0 Å². The first kappa shape index (κ1) is 24.1. The summed E-state index contributed by atoms with van der Waals surface area (Å²) < 4.78 is 10.7. The van der Waals surface area contributed by atoms with Gasteiger partial charge in [-0.1, -0.05) is 49.0 Å². The van der Waals surface area contributed by atoms with Crippen LogP contribution in [0.1, 0.15) is 82.8 Å². The van der Waals surface area contributed by atoms with Crippen molar-refractivity contribution in [3.63, 3.8) is 0 Å². The molecule has 0 saturated heterocycles. The molecule has 0 bridgehead atoms. The predicted octanol–water partition coefficient (Wildman–Crippen LogP) is 5.71. The number of unbranched alkanes of at least 4 members (excludes halogenated alkanes) is 1. The Morgan fingerprint density at radius 2 is 1.94 bits per heavy atom. The molecule has 34 heavy (non-hydrogen) atoms. The molecule has 8 heteroatoms. The van der Waals surface area contributed by atoms with Crippen LogP contribution in [0, 0.1) is 12.8 Å². The van der Waals surface area contributed by atoms with Crippen molar-refractivity contribution in [1.29, 1.82) is 0 Å². The van der Waals surface area contributed by atoms with Crippen LogP contribution in [0.5, 0.6) is 0 Å². The largest absolute Gasteiger partial charge is 0.339 e. The Kier molecular flexibility index (Phi) is 8.08. The summed E-state index contributed by atoms with van der Waals surface area (Å²) in [5, 5.41) is 7.88. The molecule has 1 aliphatic carbocycles. The number of hydrogen-bond donors (Lipinski definition) is 0. The molecule has 1 unspecified atom stereocenters. The number of carbonyl (C=O) groups excluding carboxylic acids is 1. The molecule has 0 radical (unpaired) electrons. The smallest absolute Gasteiger partial charge is 0.257 e. The van der Waals surface area contributed by atoms with Crippen LogP contribution < -0.4 is 4.90 Å². The number of aromatic nitrogens is 4. The standard InChI is InChI=1S/C26H35N5O3/c1-4-23-28-25(34-30-23)21-14-10-15-22(17-21)31(26(32)20-12-6-5-7-13-20)18(2)11-8-9-16-24-27-19(3)29-33-24/h10,14-15,17-18,20H,4-9,11-13,16H2,1-3H3. The molecular formula is C26H35N5O3. The Morgan fingerprint density at radius 3 is 2.65 bits per heavy atom. The van der Waals surface area contributed by atoms with Crippen LogP contribution >= 0.6 is 0 Å². The van der Waals surface area contributed by atoms with Gasteiger partial charge in [-0.05, 0) is 57.7 Å². The van der Waals surface area contributed by atoms with E-state index in [4.69, 9.17) is 9.05 Å². The van der Waals surface area contributed by atoms with Crippen LogP contribution in [0.15, 0.2) is 33.3 Å². The second kappa shape index (κ2) is 11.4. The van der Waals surface area contributed by atoms with Gasteiger partial charge in [0.1, 0.15) is 0 Å². The van der Waals surface area contributed by atoms with Crippen LogP contribution in [-0.2, 0) is 17.6 Å². The summed E-state index contributed by atoms with van der Waals surface area (Å²) in [7, 11) is 0. The fourth-order valence-electron chi connectivity index (χ4n) is 4.74. The number of benzene rings is 1. The maximum Gasteiger partial charge on any atom is 0.257 e. The first-order chi connectivity index (χ1) is 16.5. The molecule has 8 nitrogen and oxygen atoms in total. The van der Waals surface area contributed by atoms with E-state index in [0.717, 1.165) is 69.0 Å². The molecule has 1 fully saturated rings. The van der Waals surface area contributed by atoms with E-state index in [1.165, 1.54) is 6.42 Å². The van der Waals surface area contributed by atoms with Crippen molar-refractivity contribution >= 4 is 11.6 Å². The predicted molar refractivity (Wildman–Crippen MR) is 129 cm³/mol. The topological polar surface area (TPSA) is 98.2 Å². The summed E-state index contributed by atoms with van der Waals surface area (Å²) in [6.45, 7) is 5.97. The maximum atomic E-state index is 13.7. The molecule has 1 saturated carbocycles. The Labute approximate surface area is 201 Å². The molecule has 2 heterocycles. The molecule has 3 aromatic rings. The molecule has 0 N–H and O–H groups in total. The van der Waals surface area contributed by atoms with Crippen molar-refractivity contribution < 1.29 is 13.8 Å². The van der Waals surface area contributed by atoms with Gasteiger partial charge >= 0.3 is 0 Å². The van der Waals surface area contributed by atoms with E-state index in [0.29, 0.717) is 23.4 Å². The summed E-state index contributed by atoms with van der Waals surface area (Å²) in [6, 6.07) is 8.01. The summed E-state index contributed by atoms with van der Waals surface area (Å²) in [6.07, 6.45) is 9.72. The highest BCUT2D eigenvalue weighted by molar-refractivity contribution is 5.96. The van der Waals surface area contributed by atoms with Crippen molar-refractivity contribution in [2.45, 2.75) is 91.0 Å². The van der Waals surface area contributed by atoms with E-state index in [2.05, 4.69) is 27.2 Å². The number of aryl methyl sites for hydroxylation is 3. The third kappa shape index (κ3) is 5.90. The summed E-state index contributed by atoms with van der Waals surface area (Å²) in [5.41, 5.74) is 1.73. The molecule has 182 valence electrons. The molecule has 1 aliphatic rings. The molecule has 2 aromatic heterocycles. The zero-order valence-corrected chi connectivity index (χ0v) is 20.5. The van der Waals surface area contributed by atoms with Crippen molar-refractivity contribution in [1.82, 2.24) is 20.3 Å². The van der Waals surface area contributed by atoms with E-state index in [9.17, 15) is 4.79 Å².